The van der Waals surface area contributed by atoms with E-state index in [0.717, 1.165) is 5.75 Å². The van der Waals surface area contributed by atoms with Gasteiger partial charge in [-0.3, -0.25) is 0 Å². The lowest BCUT2D eigenvalue weighted by atomic mass is 9.86. The van der Waals surface area contributed by atoms with Crippen molar-refractivity contribution < 1.29 is 5.11 Å². The number of hydrogen-bond acceptors (Lipinski definition) is 2. The van der Waals surface area contributed by atoms with Crippen LogP contribution in [0, 0.1) is 12.8 Å². The predicted molar refractivity (Wildman–Crippen MR) is 74.5 cm³/mol. The average molecular weight is 250 g/mol. The van der Waals surface area contributed by atoms with Gasteiger partial charge in [-0.1, -0.05) is 37.5 Å². The summed E-state index contributed by atoms with van der Waals surface area (Å²) in [5.74, 6) is 1.38. The van der Waals surface area contributed by atoms with Crippen LogP contribution < -0.4 is 0 Å². The SMILES string of the molecule is Cc1ccccc1SCC(O)C1CCCCC1. The normalized spacial score (nSPS) is 19.2. The molecule has 0 saturated heterocycles. The smallest absolute Gasteiger partial charge is 0.0662 e. The fourth-order valence-electron chi connectivity index (χ4n) is 2.55. The Labute approximate surface area is 109 Å². The third-order valence-electron chi connectivity index (χ3n) is 3.70. The van der Waals surface area contributed by atoms with E-state index < -0.39 is 0 Å². The molecule has 0 amide bonds. The van der Waals surface area contributed by atoms with E-state index in [1.807, 2.05) is 0 Å². The highest BCUT2D eigenvalue weighted by Gasteiger charge is 2.21. The molecule has 2 heteroatoms. The lowest BCUT2D eigenvalue weighted by Gasteiger charge is -2.26. The number of thioether (sulfide) groups is 1. The van der Waals surface area contributed by atoms with Gasteiger partial charge < -0.3 is 5.11 Å². The van der Waals surface area contributed by atoms with E-state index in [1.54, 1.807) is 11.8 Å². The second-order valence-corrected chi connectivity index (χ2v) is 6.10. The van der Waals surface area contributed by atoms with Crippen LogP contribution in [0.2, 0.25) is 0 Å². The molecule has 0 aromatic heterocycles. The Hall–Kier alpha value is -0.470. The van der Waals surface area contributed by atoms with Crippen LogP contribution in [0.5, 0.6) is 0 Å². The molecule has 1 saturated carbocycles. The summed E-state index contributed by atoms with van der Waals surface area (Å²) >= 11 is 1.80. The number of aliphatic hydroxyl groups is 1. The molecule has 1 unspecified atom stereocenters. The van der Waals surface area contributed by atoms with Crippen LogP contribution in [0.4, 0.5) is 0 Å². The average Bonchev–Trinajstić information content (AvgIpc) is 2.38. The molecule has 0 aliphatic heterocycles. The first kappa shape index (κ1) is 13.0. The van der Waals surface area contributed by atoms with Gasteiger partial charge in [0.15, 0.2) is 0 Å². The lowest BCUT2D eigenvalue weighted by molar-refractivity contribution is 0.105. The first-order valence-corrected chi connectivity index (χ1v) is 7.62. The molecular weight excluding hydrogens is 228 g/mol. The third-order valence-corrected chi connectivity index (χ3v) is 4.97. The number of benzene rings is 1. The zero-order chi connectivity index (χ0) is 12.1. The molecule has 1 nitrogen and oxygen atoms in total. The summed E-state index contributed by atoms with van der Waals surface area (Å²) < 4.78 is 0. The lowest BCUT2D eigenvalue weighted by Crippen LogP contribution is -2.24. The number of rotatable bonds is 4. The van der Waals surface area contributed by atoms with Gasteiger partial charge in [0.05, 0.1) is 6.10 Å². The molecule has 0 radical (unpaired) electrons. The molecule has 1 N–H and O–H groups in total. The minimum atomic E-state index is -0.125. The first-order valence-electron chi connectivity index (χ1n) is 6.64. The maximum Gasteiger partial charge on any atom is 0.0662 e. The van der Waals surface area contributed by atoms with Crippen molar-refractivity contribution in [2.24, 2.45) is 5.92 Å². The summed E-state index contributed by atoms with van der Waals surface area (Å²) in [6.07, 6.45) is 6.27. The Morgan fingerprint density at radius 1 is 1.24 bits per heavy atom. The van der Waals surface area contributed by atoms with E-state index in [-0.39, 0.29) is 6.10 Å². The highest BCUT2D eigenvalue weighted by molar-refractivity contribution is 7.99. The van der Waals surface area contributed by atoms with E-state index in [9.17, 15) is 5.11 Å². The van der Waals surface area contributed by atoms with Crippen LogP contribution in [0.15, 0.2) is 29.2 Å². The molecule has 1 aromatic rings. The van der Waals surface area contributed by atoms with Crippen LogP contribution >= 0.6 is 11.8 Å². The van der Waals surface area contributed by atoms with Gasteiger partial charge in [0.25, 0.3) is 0 Å². The Bertz CT molecular complexity index is 345. The molecular formula is C15H22OS. The number of aliphatic hydroxyl groups excluding tert-OH is 1. The fourth-order valence-corrected chi connectivity index (χ4v) is 3.64. The Morgan fingerprint density at radius 3 is 2.65 bits per heavy atom. The van der Waals surface area contributed by atoms with Crippen molar-refractivity contribution in [2.75, 3.05) is 5.75 Å². The van der Waals surface area contributed by atoms with E-state index in [2.05, 4.69) is 31.2 Å². The second-order valence-electron chi connectivity index (χ2n) is 5.04. The van der Waals surface area contributed by atoms with Gasteiger partial charge in [-0.05, 0) is 37.3 Å². The quantitative estimate of drug-likeness (QED) is 0.814. The van der Waals surface area contributed by atoms with Gasteiger partial charge in [0.1, 0.15) is 0 Å². The summed E-state index contributed by atoms with van der Waals surface area (Å²) in [5, 5.41) is 10.2. The third kappa shape index (κ3) is 3.75. The van der Waals surface area contributed by atoms with Crippen LogP contribution in [0.3, 0.4) is 0 Å². The van der Waals surface area contributed by atoms with E-state index in [4.69, 9.17) is 0 Å². The van der Waals surface area contributed by atoms with Crippen LogP contribution in [-0.4, -0.2) is 17.0 Å². The Kier molecular flexibility index (Phi) is 4.93. The van der Waals surface area contributed by atoms with E-state index in [1.165, 1.54) is 42.6 Å². The number of aryl methyl sites for hydroxylation is 1. The standard InChI is InChI=1S/C15H22OS/c1-12-7-5-6-10-15(12)17-11-14(16)13-8-3-2-4-9-13/h5-7,10,13-14,16H,2-4,8-9,11H2,1H3. The summed E-state index contributed by atoms with van der Waals surface area (Å²) in [4.78, 5) is 1.31. The van der Waals surface area contributed by atoms with Gasteiger partial charge in [0, 0.05) is 10.6 Å². The first-order chi connectivity index (χ1) is 8.27. The molecule has 1 aliphatic carbocycles. The van der Waals surface area contributed by atoms with Gasteiger partial charge >= 0.3 is 0 Å². The predicted octanol–water partition coefficient (Wildman–Crippen LogP) is 4.03. The molecule has 0 heterocycles. The maximum absolute atomic E-state index is 10.2. The molecule has 1 aromatic carbocycles. The van der Waals surface area contributed by atoms with Gasteiger partial charge in [0.2, 0.25) is 0 Å². The van der Waals surface area contributed by atoms with Crippen LogP contribution in [-0.2, 0) is 0 Å². The van der Waals surface area contributed by atoms with E-state index in [0.29, 0.717) is 5.92 Å². The second kappa shape index (κ2) is 6.46. The van der Waals surface area contributed by atoms with E-state index >= 15 is 0 Å². The summed E-state index contributed by atoms with van der Waals surface area (Å²) in [5.41, 5.74) is 1.31. The molecule has 0 bridgehead atoms. The fraction of sp³-hybridized carbons (Fsp3) is 0.600. The van der Waals surface area contributed by atoms with Crippen LogP contribution in [0.1, 0.15) is 37.7 Å². The molecule has 1 aliphatic rings. The molecule has 2 rings (SSSR count). The maximum atomic E-state index is 10.2. The summed E-state index contributed by atoms with van der Waals surface area (Å²) in [7, 11) is 0. The minimum Gasteiger partial charge on any atom is -0.392 e. The van der Waals surface area contributed by atoms with Crippen LogP contribution in [0.25, 0.3) is 0 Å². The summed E-state index contributed by atoms with van der Waals surface area (Å²) in [6, 6.07) is 8.42. The molecule has 0 spiro atoms. The molecule has 17 heavy (non-hydrogen) atoms. The van der Waals surface area contributed by atoms with Crippen molar-refractivity contribution in [2.45, 2.75) is 50.0 Å². The molecule has 1 atom stereocenters. The zero-order valence-corrected chi connectivity index (χ0v) is 11.4. The highest BCUT2D eigenvalue weighted by Crippen LogP contribution is 2.30. The Morgan fingerprint density at radius 2 is 1.94 bits per heavy atom. The highest BCUT2D eigenvalue weighted by atomic mass is 32.2. The zero-order valence-electron chi connectivity index (χ0n) is 10.6. The van der Waals surface area contributed by atoms with Gasteiger partial charge in [-0.25, -0.2) is 0 Å². The monoisotopic (exact) mass is 250 g/mol. The summed E-state index contributed by atoms with van der Waals surface area (Å²) in [6.45, 7) is 2.13. The van der Waals surface area contributed by atoms with Crippen molar-refractivity contribution in [1.82, 2.24) is 0 Å². The van der Waals surface area contributed by atoms with Crippen molar-refractivity contribution in [1.29, 1.82) is 0 Å². The van der Waals surface area contributed by atoms with Gasteiger partial charge in [-0.2, -0.15) is 0 Å². The number of hydrogen-bond donors (Lipinski definition) is 1. The minimum absolute atomic E-state index is 0.125. The topological polar surface area (TPSA) is 20.2 Å². The molecule has 1 fully saturated rings. The van der Waals surface area contributed by atoms with Crippen molar-refractivity contribution >= 4 is 11.8 Å². The van der Waals surface area contributed by atoms with Crippen molar-refractivity contribution in [3.05, 3.63) is 29.8 Å². The van der Waals surface area contributed by atoms with Crippen molar-refractivity contribution in [3.63, 3.8) is 0 Å². The largest absolute Gasteiger partial charge is 0.392 e. The van der Waals surface area contributed by atoms with Gasteiger partial charge in [-0.15, -0.1) is 11.8 Å². The Balaban J connectivity index is 1.83. The molecule has 94 valence electrons. The van der Waals surface area contributed by atoms with Crippen molar-refractivity contribution in [3.8, 4) is 0 Å².